The van der Waals surface area contributed by atoms with E-state index in [0.717, 1.165) is 22.8 Å². The van der Waals surface area contributed by atoms with Crippen molar-refractivity contribution in [1.29, 1.82) is 5.26 Å². The summed E-state index contributed by atoms with van der Waals surface area (Å²) in [5.41, 5.74) is 2.17. The molecular formula is C17H18N2OS. The first kappa shape index (κ1) is 15.3. The maximum atomic E-state index is 8.63. The molecule has 2 aromatic carbocycles. The summed E-state index contributed by atoms with van der Waals surface area (Å²) in [7, 11) is 0. The number of hydrogen-bond acceptors (Lipinski definition) is 4. The van der Waals surface area contributed by atoms with Gasteiger partial charge >= 0.3 is 0 Å². The van der Waals surface area contributed by atoms with E-state index in [0.29, 0.717) is 6.54 Å². The molecule has 0 saturated heterocycles. The van der Waals surface area contributed by atoms with Gasteiger partial charge < -0.3 is 10.1 Å². The summed E-state index contributed by atoms with van der Waals surface area (Å²) in [5.74, 6) is 1.80. The summed E-state index contributed by atoms with van der Waals surface area (Å²) < 4.78 is 5.45. The van der Waals surface area contributed by atoms with Gasteiger partial charge in [-0.1, -0.05) is 37.3 Å². The van der Waals surface area contributed by atoms with Crippen molar-refractivity contribution in [3.63, 3.8) is 0 Å². The van der Waals surface area contributed by atoms with Crippen molar-refractivity contribution >= 4 is 17.4 Å². The summed E-state index contributed by atoms with van der Waals surface area (Å²) in [5, 5.41) is 12.1. The fourth-order valence-electron chi connectivity index (χ4n) is 1.99. The lowest BCUT2D eigenvalue weighted by Crippen LogP contribution is -2.04. The second kappa shape index (κ2) is 8.23. The van der Waals surface area contributed by atoms with E-state index in [2.05, 4.69) is 24.4 Å². The minimum atomic E-state index is 0.0687. The smallest absolute Gasteiger partial charge is 0.174 e. The van der Waals surface area contributed by atoms with Crippen molar-refractivity contribution in [3.8, 4) is 11.8 Å². The largest absolute Gasteiger partial charge is 0.478 e. The van der Waals surface area contributed by atoms with Crippen molar-refractivity contribution in [3.05, 3.63) is 54.1 Å². The van der Waals surface area contributed by atoms with Crippen LogP contribution in [0.1, 0.15) is 12.5 Å². The molecule has 3 nitrogen and oxygen atoms in total. The summed E-state index contributed by atoms with van der Waals surface area (Å²) >= 11 is 1.82. The van der Waals surface area contributed by atoms with Crippen LogP contribution in [0, 0.1) is 11.3 Å². The first-order valence-corrected chi connectivity index (χ1v) is 7.87. The molecule has 0 heterocycles. The quantitative estimate of drug-likeness (QED) is 0.773. The third kappa shape index (κ3) is 4.44. The van der Waals surface area contributed by atoms with Crippen LogP contribution in [0.3, 0.4) is 0 Å². The Labute approximate surface area is 129 Å². The van der Waals surface area contributed by atoms with Gasteiger partial charge in [-0.3, -0.25) is 0 Å². The molecule has 108 valence electrons. The Morgan fingerprint density at radius 1 is 1.14 bits per heavy atom. The third-order valence-corrected chi connectivity index (χ3v) is 3.88. The number of para-hydroxylation sites is 2. The highest BCUT2D eigenvalue weighted by Crippen LogP contribution is 2.28. The molecule has 1 N–H and O–H groups in total. The van der Waals surface area contributed by atoms with E-state index >= 15 is 0 Å². The van der Waals surface area contributed by atoms with Gasteiger partial charge in [-0.25, -0.2) is 0 Å². The van der Waals surface area contributed by atoms with Crippen molar-refractivity contribution in [2.24, 2.45) is 0 Å². The molecule has 0 unspecified atom stereocenters. The van der Waals surface area contributed by atoms with Crippen LogP contribution < -0.4 is 10.1 Å². The molecule has 0 spiro atoms. The van der Waals surface area contributed by atoms with Crippen LogP contribution in [0.15, 0.2) is 53.4 Å². The Morgan fingerprint density at radius 3 is 2.71 bits per heavy atom. The maximum absolute atomic E-state index is 8.63. The zero-order valence-corrected chi connectivity index (χ0v) is 12.8. The minimum absolute atomic E-state index is 0.0687. The molecule has 0 aromatic heterocycles. The van der Waals surface area contributed by atoms with Gasteiger partial charge in [0.05, 0.1) is 0 Å². The first-order chi connectivity index (χ1) is 10.3. The van der Waals surface area contributed by atoms with Crippen molar-refractivity contribution in [1.82, 2.24) is 0 Å². The van der Waals surface area contributed by atoms with Crippen molar-refractivity contribution < 1.29 is 4.74 Å². The van der Waals surface area contributed by atoms with Gasteiger partial charge in [0.1, 0.15) is 11.8 Å². The molecule has 0 atom stereocenters. The number of benzene rings is 2. The van der Waals surface area contributed by atoms with E-state index in [-0.39, 0.29) is 6.61 Å². The highest BCUT2D eigenvalue weighted by molar-refractivity contribution is 7.99. The zero-order valence-electron chi connectivity index (χ0n) is 12.0. The van der Waals surface area contributed by atoms with Gasteiger partial charge in [0.2, 0.25) is 0 Å². The second-order valence-corrected chi connectivity index (χ2v) is 5.64. The maximum Gasteiger partial charge on any atom is 0.174 e. The summed E-state index contributed by atoms with van der Waals surface area (Å²) in [6.45, 7) is 2.88. The Morgan fingerprint density at radius 2 is 1.90 bits per heavy atom. The van der Waals surface area contributed by atoms with Crippen LogP contribution >= 0.6 is 11.8 Å². The van der Waals surface area contributed by atoms with Gasteiger partial charge in [0.25, 0.3) is 0 Å². The van der Waals surface area contributed by atoms with Gasteiger partial charge in [-0.15, -0.1) is 11.8 Å². The fraction of sp³-hybridized carbons (Fsp3) is 0.235. The topological polar surface area (TPSA) is 45.0 Å². The lowest BCUT2D eigenvalue weighted by atomic mass is 10.2. The summed E-state index contributed by atoms with van der Waals surface area (Å²) in [6.07, 6.45) is 0. The second-order valence-electron chi connectivity index (χ2n) is 4.34. The lowest BCUT2D eigenvalue weighted by Gasteiger charge is -2.13. The number of ether oxygens (including phenoxy) is 1. The van der Waals surface area contributed by atoms with E-state index in [9.17, 15) is 0 Å². The highest BCUT2D eigenvalue weighted by atomic mass is 32.2. The summed E-state index contributed by atoms with van der Waals surface area (Å²) in [4.78, 5) is 1.25. The predicted molar refractivity (Wildman–Crippen MR) is 87.7 cm³/mol. The molecule has 21 heavy (non-hydrogen) atoms. The number of rotatable bonds is 7. The van der Waals surface area contributed by atoms with E-state index in [1.807, 2.05) is 54.2 Å². The van der Waals surface area contributed by atoms with Gasteiger partial charge in [-0.05, 0) is 24.0 Å². The first-order valence-electron chi connectivity index (χ1n) is 6.88. The van der Waals surface area contributed by atoms with E-state index in [1.54, 1.807) is 0 Å². The Bertz CT molecular complexity index is 622. The number of nitrogens with one attached hydrogen (secondary N) is 1. The van der Waals surface area contributed by atoms with Crippen LogP contribution in [0.5, 0.6) is 5.75 Å². The molecule has 0 aliphatic carbocycles. The molecule has 0 amide bonds. The average Bonchev–Trinajstić information content (AvgIpc) is 2.53. The molecule has 0 aliphatic rings. The van der Waals surface area contributed by atoms with Crippen molar-refractivity contribution in [2.45, 2.75) is 18.4 Å². The molecule has 0 radical (unpaired) electrons. The van der Waals surface area contributed by atoms with E-state index in [1.165, 1.54) is 4.90 Å². The van der Waals surface area contributed by atoms with Crippen LogP contribution in [0.2, 0.25) is 0 Å². The number of nitriles is 1. The molecule has 2 rings (SSSR count). The average molecular weight is 298 g/mol. The van der Waals surface area contributed by atoms with Crippen LogP contribution in [0.25, 0.3) is 0 Å². The molecule has 0 bridgehead atoms. The van der Waals surface area contributed by atoms with Gasteiger partial charge in [-0.2, -0.15) is 5.26 Å². The Hall–Kier alpha value is -2.12. The SMILES string of the molecule is CCSc1ccccc1NCc1ccccc1OCC#N. The lowest BCUT2D eigenvalue weighted by molar-refractivity contribution is 0.364. The van der Waals surface area contributed by atoms with Gasteiger partial charge in [0.15, 0.2) is 6.61 Å². The molecule has 0 fully saturated rings. The Kier molecular flexibility index (Phi) is 5.99. The van der Waals surface area contributed by atoms with Crippen molar-refractivity contribution in [2.75, 3.05) is 17.7 Å². The Balaban J connectivity index is 2.08. The monoisotopic (exact) mass is 298 g/mol. The van der Waals surface area contributed by atoms with Crippen LogP contribution in [-0.4, -0.2) is 12.4 Å². The number of anilines is 1. The molecule has 0 saturated carbocycles. The van der Waals surface area contributed by atoms with Crippen LogP contribution in [-0.2, 0) is 6.54 Å². The normalized spacial score (nSPS) is 9.90. The predicted octanol–water partition coefficient (Wildman–Crippen LogP) is 4.31. The molecule has 2 aromatic rings. The molecular weight excluding hydrogens is 280 g/mol. The van der Waals surface area contributed by atoms with Crippen LogP contribution in [0.4, 0.5) is 5.69 Å². The van der Waals surface area contributed by atoms with E-state index in [4.69, 9.17) is 10.00 Å². The standard InChI is InChI=1S/C17H18N2OS/c1-2-21-17-10-6-4-8-15(17)19-13-14-7-3-5-9-16(14)20-12-11-18/h3-10,19H,2,12-13H2,1H3. The van der Waals surface area contributed by atoms with E-state index < -0.39 is 0 Å². The fourth-order valence-corrected chi connectivity index (χ4v) is 2.77. The number of thioether (sulfide) groups is 1. The highest BCUT2D eigenvalue weighted by Gasteiger charge is 2.05. The number of hydrogen-bond donors (Lipinski definition) is 1. The molecule has 4 heteroatoms. The summed E-state index contributed by atoms with van der Waals surface area (Å²) in [6, 6.07) is 18.1. The number of nitrogens with zero attached hydrogens (tertiary/aromatic N) is 1. The minimum Gasteiger partial charge on any atom is -0.478 e. The third-order valence-electron chi connectivity index (χ3n) is 2.92. The molecule has 0 aliphatic heterocycles. The zero-order chi connectivity index (χ0) is 14.9. The van der Waals surface area contributed by atoms with Gasteiger partial charge in [0, 0.05) is 22.7 Å².